The Kier molecular flexibility index (Phi) is 16.1. The van der Waals surface area contributed by atoms with Crippen LogP contribution in [-0.4, -0.2) is 105 Å². The first-order chi connectivity index (χ1) is 28.2. The number of carbonyl (C=O) groups excluding carboxylic acids is 2. The van der Waals surface area contributed by atoms with Gasteiger partial charge in [0, 0.05) is 36.6 Å². The highest BCUT2D eigenvalue weighted by Crippen LogP contribution is 2.54. The van der Waals surface area contributed by atoms with Gasteiger partial charge in [0.1, 0.15) is 11.8 Å². The summed E-state index contributed by atoms with van der Waals surface area (Å²) in [5.41, 5.74) is -1.69. The van der Waals surface area contributed by atoms with Crippen LogP contribution in [0.1, 0.15) is 153 Å². The maximum Gasteiger partial charge on any atom is 0.315 e. The smallest absolute Gasteiger partial charge is 0.315 e. The van der Waals surface area contributed by atoms with E-state index in [1.54, 1.807) is 6.92 Å². The highest BCUT2D eigenvalue weighted by molar-refractivity contribution is 5.84. The van der Waals surface area contributed by atoms with E-state index in [-0.39, 0.29) is 47.9 Å². The monoisotopic (exact) mass is 849 g/mol. The third-order valence-corrected chi connectivity index (χ3v) is 15.6. The van der Waals surface area contributed by atoms with Crippen molar-refractivity contribution < 1.29 is 53.4 Å². The van der Waals surface area contributed by atoms with E-state index in [4.69, 9.17) is 23.7 Å². The normalized spacial score (nSPS) is 42.0. The molecule has 0 aromatic rings. The van der Waals surface area contributed by atoms with Gasteiger partial charge >= 0.3 is 12.0 Å². The molecule has 5 aliphatic rings. The first-order valence-electron chi connectivity index (χ1n) is 23.5. The standard InChI is InChI=1S/C47H80N2O11/c1-12-16-25-48-43(54)49-36-19-22-46(60-47(36)24-23-44(11,59-47)37-20-21-45(55,15-4)32(10)56-37)29(7)26-28(6)41(58-46)34(14-3)39(51)30(8)38(50)31(9)40-27(5)17-18-35(57-40)33(13-2)42(52)53/h19,22,27-38,40-41,50,55H,12-18,20-21,23-26H2,1-11H3,(H,52,53)(H2,48,49,54)/t27-,28-,29+,30-,31-,32-,33+,34-,35+,36-,37+,38+,40+,41-,44-,45+,46-,47-/m0/s1. The molecule has 2 amide bonds. The van der Waals surface area contributed by atoms with Crippen LogP contribution in [0, 0.1) is 41.4 Å². The van der Waals surface area contributed by atoms with Crippen LogP contribution in [0.4, 0.5) is 4.79 Å². The number of rotatable bonds is 16. The lowest BCUT2D eigenvalue weighted by molar-refractivity contribution is -0.397. The Morgan fingerprint density at radius 3 is 2.20 bits per heavy atom. The molecule has 0 aromatic heterocycles. The fraction of sp³-hybridized carbons (Fsp3) is 0.894. The second-order valence-electron chi connectivity index (χ2n) is 19.7. The zero-order chi connectivity index (χ0) is 44.4. The first-order valence-corrected chi connectivity index (χ1v) is 23.5. The Bertz CT molecular complexity index is 1510. The van der Waals surface area contributed by atoms with E-state index in [0.717, 1.165) is 19.3 Å². The minimum atomic E-state index is -1.31. The van der Waals surface area contributed by atoms with Crippen molar-refractivity contribution in [1.29, 1.82) is 0 Å². The predicted molar refractivity (Wildman–Crippen MR) is 228 cm³/mol. The van der Waals surface area contributed by atoms with E-state index in [2.05, 4.69) is 38.3 Å². The summed E-state index contributed by atoms with van der Waals surface area (Å²) in [5, 5.41) is 39.0. The number of aliphatic hydroxyl groups excluding tert-OH is 1. The van der Waals surface area contributed by atoms with Crippen LogP contribution in [0.2, 0.25) is 0 Å². The maximum absolute atomic E-state index is 14.6. The number of ketones is 1. The number of urea groups is 1. The van der Waals surface area contributed by atoms with Crippen molar-refractivity contribution in [3.05, 3.63) is 12.2 Å². The summed E-state index contributed by atoms with van der Waals surface area (Å²) in [6.07, 6.45) is 8.47. The Hall–Kier alpha value is -2.13. The number of carbonyl (C=O) groups is 3. The number of carboxylic acids is 1. The molecule has 60 heavy (non-hydrogen) atoms. The van der Waals surface area contributed by atoms with Gasteiger partial charge in [-0.05, 0) is 96.0 Å². The molecule has 4 fully saturated rings. The van der Waals surface area contributed by atoms with Crippen molar-refractivity contribution in [2.75, 3.05) is 6.54 Å². The van der Waals surface area contributed by atoms with Crippen molar-refractivity contribution in [3.8, 4) is 0 Å². The number of carboxylic acid groups (broad SMARTS) is 1. The molecule has 344 valence electrons. The molecule has 0 radical (unpaired) electrons. The van der Waals surface area contributed by atoms with Crippen molar-refractivity contribution in [2.24, 2.45) is 41.4 Å². The predicted octanol–water partition coefficient (Wildman–Crippen LogP) is 7.30. The van der Waals surface area contributed by atoms with E-state index in [0.29, 0.717) is 64.3 Å². The number of ether oxygens (including phenoxy) is 5. The molecule has 5 rings (SSSR count). The van der Waals surface area contributed by atoms with E-state index in [1.165, 1.54) is 0 Å². The molecule has 18 atom stereocenters. The summed E-state index contributed by atoms with van der Waals surface area (Å²) >= 11 is 0. The van der Waals surface area contributed by atoms with Crippen LogP contribution in [-0.2, 0) is 33.3 Å². The summed E-state index contributed by atoms with van der Waals surface area (Å²) in [7, 11) is 0. The largest absolute Gasteiger partial charge is 0.481 e. The number of unbranched alkanes of at least 4 members (excludes halogenated alkanes) is 1. The minimum absolute atomic E-state index is 0.0110. The average molecular weight is 849 g/mol. The molecule has 2 spiro atoms. The number of nitrogens with one attached hydrogen (secondary N) is 2. The second kappa shape index (κ2) is 19.7. The van der Waals surface area contributed by atoms with Crippen LogP contribution in [0.3, 0.4) is 0 Å². The third kappa shape index (κ3) is 9.82. The van der Waals surface area contributed by atoms with Crippen molar-refractivity contribution in [2.45, 2.75) is 219 Å². The summed E-state index contributed by atoms with van der Waals surface area (Å²) in [4.78, 5) is 40.0. The van der Waals surface area contributed by atoms with Gasteiger partial charge in [-0.25, -0.2) is 4.79 Å². The average Bonchev–Trinajstić information content (AvgIpc) is 3.55. The summed E-state index contributed by atoms with van der Waals surface area (Å²) in [6.45, 7) is 22.3. The van der Waals surface area contributed by atoms with Gasteiger partial charge in [-0.15, -0.1) is 0 Å². The molecule has 0 unspecified atom stereocenters. The van der Waals surface area contributed by atoms with Crippen LogP contribution in [0.15, 0.2) is 12.2 Å². The second-order valence-corrected chi connectivity index (χ2v) is 19.7. The molecular weight excluding hydrogens is 769 g/mol. The lowest BCUT2D eigenvalue weighted by atomic mass is 9.72. The maximum atomic E-state index is 14.6. The van der Waals surface area contributed by atoms with Gasteiger partial charge in [0.25, 0.3) is 0 Å². The van der Waals surface area contributed by atoms with Gasteiger partial charge in [0.15, 0.2) is 11.6 Å². The van der Waals surface area contributed by atoms with Gasteiger partial charge < -0.3 is 49.6 Å². The molecule has 5 aliphatic heterocycles. The molecule has 0 aliphatic carbocycles. The Morgan fingerprint density at radius 1 is 0.883 bits per heavy atom. The van der Waals surface area contributed by atoms with Crippen LogP contribution in [0.25, 0.3) is 0 Å². The SMILES string of the molecule is CCCCNC(=O)N[C@H]1C=C[C@]2(O[C@H]([C@@H](CC)C(=O)[C@@H](C)[C@@H](O)[C@H](C)[C@@H]3O[C@@H]([C@@H](CC)C(=O)O)CC[C@@H]3C)[C@@H](C)C[C@H]2C)O[C@@]12CC[C@@](C)([C@H]1CC[C@](O)(CC)[C@H](C)O1)O2. The Labute approximate surface area is 359 Å². The van der Waals surface area contributed by atoms with Crippen LogP contribution >= 0.6 is 0 Å². The molecule has 0 saturated carbocycles. The lowest BCUT2D eigenvalue weighted by Gasteiger charge is -2.55. The number of hydrogen-bond donors (Lipinski definition) is 5. The van der Waals surface area contributed by atoms with E-state index >= 15 is 0 Å². The quantitative estimate of drug-likeness (QED) is 0.0777. The highest BCUT2D eigenvalue weighted by atomic mass is 16.8. The van der Waals surface area contributed by atoms with Gasteiger partial charge in [0.2, 0.25) is 0 Å². The van der Waals surface area contributed by atoms with E-state index in [9.17, 15) is 29.7 Å². The lowest BCUT2D eigenvalue weighted by Crippen LogP contribution is -2.66. The molecule has 5 heterocycles. The topological polar surface area (TPSA) is 182 Å². The van der Waals surface area contributed by atoms with Gasteiger partial charge in [0.05, 0.1) is 53.7 Å². The van der Waals surface area contributed by atoms with Crippen molar-refractivity contribution in [3.63, 3.8) is 0 Å². The number of Topliss-reactive ketones (excluding diaryl/α,β-unsaturated/α-hetero) is 1. The van der Waals surface area contributed by atoms with Crippen molar-refractivity contribution >= 4 is 17.8 Å². The van der Waals surface area contributed by atoms with Gasteiger partial charge in [-0.1, -0.05) is 74.8 Å². The fourth-order valence-electron chi connectivity index (χ4n) is 11.2. The summed E-state index contributed by atoms with van der Waals surface area (Å²) in [6, 6.07) is -0.968. The first kappa shape index (κ1) is 48.9. The van der Waals surface area contributed by atoms with E-state index in [1.807, 2.05) is 53.7 Å². The number of hydrogen-bond acceptors (Lipinski definition) is 10. The Morgan fingerprint density at radius 2 is 1.58 bits per heavy atom. The molecule has 0 aromatic carbocycles. The van der Waals surface area contributed by atoms with Gasteiger partial charge in [-0.2, -0.15) is 0 Å². The summed E-state index contributed by atoms with van der Waals surface area (Å²) < 4.78 is 34.5. The third-order valence-electron chi connectivity index (χ3n) is 15.6. The highest BCUT2D eigenvalue weighted by Gasteiger charge is 2.63. The number of amides is 2. The number of aliphatic hydroxyl groups is 2. The fourth-order valence-corrected chi connectivity index (χ4v) is 11.2. The van der Waals surface area contributed by atoms with E-state index < -0.39 is 76.8 Å². The summed E-state index contributed by atoms with van der Waals surface area (Å²) in [5.74, 6) is -5.90. The molecule has 4 saturated heterocycles. The van der Waals surface area contributed by atoms with Crippen LogP contribution in [0.5, 0.6) is 0 Å². The Balaban J connectivity index is 1.38. The van der Waals surface area contributed by atoms with Gasteiger partial charge in [-0.3, -0.25) is 9.59 Å². The molecule has 5 N–H and O–H groups in total. The molecular formula is C47H80N2O11. The molecule has 0 bridgehead atoms. The van der Waals surface area contributed by atoms with Crippen molar-refractivity contribution in [1.82, 2.24) is 10.6 Å². The zero-order valence-electron chi connectivity index (χ0n) is 38.5. The van der Waals surface area contributed by atoms with Crippen LogP contribution < -0.4 is 10.6 Å². The molecule has 13 nitrogen and oxygen atoms in total. The minimum Gasteiger partial charge on any atom is -0.481 e. The zero-order valence-corrected chi connectivity index (χ0v) is 38.5. The number of aliphatic carboxylic acids is 1. The molecule has 13 heteroatoms.